The summed E-state index contributed by atoms with van der Waals surface area (Å²) < 4.78 is 34.9. The van der Waals surface area contributed by atoms with Gasteiger partial charge in [0.15, 0.2) is 9.84 Å². The third-order valence-corrected chi connectivity index (χ3v) is 5.82. The van der Waals surface area contributed by atoms with Gasteiger partial charge in [0, 0.05) is 18.5 Å². The molecule has 1 atom stereocenters. The first-order chi connectivity index (χ1) is 13.1. The van der Waals surface area contributed by atoms with Crippen molar-refractivity contribution in [2.24, 2.45) is 0 Å². The van der Waals surface area contributed by atoms with E-state index < -0.39 is 21.4 Å². The Balaban J connectivity index is 2.11. The Morgan fingerprint density at radius 3 is 2.39 bits per heavy atom. The van der Waals surface area contributed by atoms with E-state index in [1.54, 1.807) is 24.3 Å². The fourth-order valence-electron chi connectivity index (χ4n) is 3.22. The second-order valence-electron chi connectivity index (χ2n) is 6.79. The van der Waals surface area contributed by atoms with Gasteiger partial charge in [0.05, 0.1) is 15.5 Å². The Hall–Kier alpha value is -2.38. The maximum Gasteiger partial charge on any atom is 0.375 e. The molecule has 1 aliphatic rings. The maximum absolute atomic E-state index is 12.6. The van der Waals surface area contributed by atoms with Crippen LogP contribution in [0.5, 0.6) is 5.88 Å². The lowest BCUT2D eigenvalue weighted by molar-refractivity contribution is -0.147. The molecular formula is C20H20ClNO5S. The molecule has 0 fully saturated rings. The van der Waals surface area contributed by atoms with Gasteiger partial charge in [-0.15, -0.1) is 0 Å². The number of ether oxygens (including phenoxy) is 2. The van der Waals surface area contributed by atoms with Crippen molar-refractivity contribution in [3.63, 3.8) is 0 Å². The summed E-state index contributed by atoms with van der Waals surface area (Å²) in [6.07, 6.45) is 3.93. The molecule has 1 unspecified atom stereocenters. The zero-order valence-corrected chi connectivity index (χ0v) is 17.3. The molecule has 2 heterocycles. The molecule has 0 N–H and O–H groups in total. The van der Waals surface area contributed by atoms with Crippen molar-refractivity contribution in [3.8, 4) is 5.88 Å². The van der Waals surface area contributed by atoms with E-state index in [0.717, 1.165) is 12.7 Å². The lowest BCUT2D eigenvalue weighted by atomic mass is 9.86. The first-order valence-corrected chi connectivity index (χ1v) is 11.0. The molecule has 1 aliphatic heterocycles. The summed E-state index contributed by atoms with van der Waals surface area (Å²) in [6.45, 7) is 3.81. The number of esters is 1. The highest BCUT2D eigenvalue weighted by Crippen LogP contribution is 2.43. The predicted octanol–water partition coefficient (Wildman–Crippen LogP) is 4.04. The molecule has 0 bridgehead atoms. The van der Waals surface area contributed by atoms with E-state index in [9.17, 15) is 13.2 Å². The minimum Gasteiger partial charge on any atom is -0.448 e. The highest BCUT2D eigenvalue weighted by Gasteiger charge is 2.46. The van der Waals surface area contributed by atoms with Crippen LogP contribution in [0.25, 0.3) is 5.57 Å². The van der Waals surface area contributed by atoms with Crippen LogP contribution in [0.3, 0.4) is 0 Å². The second kappa shape index (κ2) is 7.56. The first kappa shape index (κ1) is 20.4. The van der Waals surface area contributed by atoms with E-state index in [1.165, 1.54) is 18.3 Å². The van der Waals surface area contributed by atoms with Gasteiger partial charge in [-0.3, -0.25) is 0 Å². The average molecular weight is 422 g/mol. The van der Waals surface area contributed by atoms with Crippen molar-refractivity contribution >= 4 is 33.0 Å². The largest absolute Gasteiger partial charge is 0.448 e. The molecule has 28 heavy (non-hydrogen) atoms. The Kier molecular flexibility index (Phi) is 5.50. The van der Waals surface area contributed by atoms with Crippen molar-refractivity contribution in [2.75, 3.05) is 6.26 Å². The molecule has 0 spiro atoms. The van der Waals surface area contributed by atoms with Crippen molar-refractivity contribution < 1.29 is 22.7 Å². The Morgan fingerprint density at radius 2 is 1.86 bits per heavy atom. The number of carbonyl (C=O) groups excluding carboxylic acids is 1. The van der Waals surface area contributed by atoms with Crippen LogP contribution in [0.2, 0.25) is 5.02 Å². The molecule has 3 rings (SSSR count). The molecule has 1 aromatic heterocycles. The Labute approximate surface area is 169 Å². The van der Waals surface area contributed by atoms with Gasteiger partial charge in [-0.1, -0.05) is 37.1 Å². The molecule has 0 amide bonds. The van der Waals surface area contributed by atoms with Crippen LogP contribution in [0, 0.1) is 0 Å². The van der Waals surface area contributed by atoms with Crippen molar-refractivity contribution in [1.82, 2.24) is 4.98 Å². The summed E-state index contributed by atoms with van der Waals surface area (Å²) in [4.78, 5) is 16.9. The van der Waals surface area contributed by atoms with Crippen molar-refractivity contribution in [1.29, 1.82) is 0 Å². The predicted molar refractivity (Wildman–Crippen MR) is 106 cm³/mol. The van der Waals surface area contributed by atoms with Crippen LogP contribution >= 0.6 is 11.6 Å². The van der Waals surface area contributed by atoms with Crippen LogP contribution in [-0.2, 0) is 19.4 Å². The quantitative estimate of drug-likeness (QED) is 0.654. The van der Waals surface area contributed by atoms with Gasteiger partial charge in [0.1, 0.15) is 5.60 Å². The van der Waals surface area contributed by atoms with E-state index in [0.29, 0.717) is 22.6 Å². The number of halogens is 1. The minimum atomic E-state index is -3.33. The van der Waals surface area contributed by atoms with Gasteiger partial charge in [-0.2, -0.15) is 0 Å². The molecule has 0 saturated carbocycles. The zero-order chi connectivity index (χ0) is 20.5. The number of hydrogen-bond donors (Lipinski definition) is 0. The third-order valence-electron chi connectivity index (χ3n) is 4.46. The highest BCUT2D eigenvalue weighted by atomic mass is 35.5. The van der Waals surface area contributed by atoms with E-state index >= 15 is 0 Å². The normalized spacial score (nSPS) is 19.6. The molecule has 0 radical (unpaired) electrons. The van der Waals surface area contributed by atoms with Gasteiger partial charge >= 0.3 is 5.97 Å². The third kappa shape index (κ3) is 4.05. The highest BCUT2D eigenvalue weighted by molar-refractivity contribution is 7.90. The average Bonchev–Trinajstić information content (AvgIpc) is 2.86. The first-order valence-electron chi connectivity index (χ1n) is 8.72. The minimum absolute atomic E-state index is 0.0397. The van der Waals surface area contributed by atoms with Gasteiger partial charge in [0.25, 0.3) is 0 Å². The van der Waals surface area contributed by atoms with E-state index in [4.69, 9.17) is 21.1 Å². The molecule has 8 heteroatoms. The van der Waals surface area contributed by atoms with Gasteiger partial charge in [-0.25, -0.2) is 18.2 Å². The topological polar surface area (TPSA) is 82.6 Å². The summed E-state index contributed by atoms with van der Waals surface area (Å²) >= 11 is 5.85. The molecule has 148 valence electrons. The molecule has 0 saturated heterocycles. The number of carbonyl (C=O) groups is 1. The van der Waals surface area contributed by atoms with Crippen LogP contribution in [0.4, 0.5) is 0 Å². The number of cyclic esters (lactones) is 1. The SMILES string of the molecule is CCCC1(C)OC(=O)C(Oc2ccc(Cl)cn2)=C1c1ccc(S(C)(=O)=O)cc1. The van der Waals surface area contributed by atoms with Crippen LogP contribution in [0.1, 0.15) is 32.3 Å². The number of nitrogens with zero attached hydrogens (tertiary/aromatic N) is 1. The second-order valence-corrected chi connectivity index (χ2v) is 9.24. The number of benzene rings is 1. The summed E-state index contributed by atoms with van der Waals surface area (Å²) in [5.74, 6) is -0.338. The summed E-state index contributed by atoms with van der Waals surface area (Å²) in [7, 11) is -3.33. The number of hydrogen-bond acceptors (Lipinski definition) is 6. The fourth-order valence-corrected chi connectivity index (χ4v) is 3.96. The van der Waals surface area contributed by atoms with Gasteiger partial charge in [-0.05, 0) is 37.1 Å². The monoisotopic (exact) mass is 421 g/mol. The number of rotatable bonds is 6. The standard InChI is InChI=1S/C20H20ClNO5S/c1-4-11-20(2)17(13-5-8-15(9-6-13)28(3,24)25)18(19(23)27-20)26-16-10-7-14(21)12-22-16/h5-10,12H,4,11H2,1-3H3. The molecule has 6 nitrogen and oxygen atoms in total. The van der Waals surface area contributed by atoms with Gasteiger partial charge < -0.3 is 9.47 Å². The van der Waals surface area contributed by atoms with E-state index in [1.807, 2.05) is 13.8 Å². The van der Waals surface area contributed by atoms with E-state index in [-0.39, 0.29) is 16.5 Å². The maximum atomic E-state index is 12.6. The Morgan fingerprint density at radius 1 is 1.18 bits per heavy atom. The zero-order valence-electron chi connectivity index (χ0n) is 15.7. The smallest absolute Gasteiger partial charge is 0.375 e. The lowest BCUT2D eigenvalue weighted by Gasteiger charge is -2.26. The van der Waals surface area contributed by atoms with Crippen LogP contribution in [0.15, 0.2) is 53.2 Å². The van der Waals surface area contributed by atoms with Gasteiger partial charge in [0.2, 0.25) is 11.6 Å². The van der Waals surface area contributed by atoms with Crippen molar-refractivity contribution in [2.45, 2.75) is 37.2 Å². The molecular weight excluding hydrogens is 402 g/mol. The van der Waals surface area contributed by atoms with Crippen molar-refractivity contribution in [3.05, 3.63) is 58.9 Å². The van der Waals surface area contributed by atoms with Crippen LogP contribution in [-0.4, -0.2) is 31.2 Å². The molecule has 2 aromatic rings. The van der Waals surface area contributed by atoms with E-state index in [2.05, 4.69) is 4.98 Å². The lowest BCUT2D eigenvalue weighted by Crippen LogP contribution is -2.27. The summed E-state index contributed by atoms with van der Waals surface area (Å²) in [6, 6.07) is 9.48. The number of pyridine rings is 1. The summed E-state index contributed by atoms with van der Waals surface area (Å²) in [5, 5.41) is 0.447. The summed E-state index contributed by atoms with van der Waals surface area (Å²) in [5.41, 5.74) is 0.328. The number of sulfone groups is 1. The number of aromatic nitrogens is 1. The molecule has 1 aromatic carbocycles. The fraction of sp³-hybridized carbons (Fsp3) is 0.300. The Bertz CT molecular complexity index is 1030. The van der Waals surface area contributed by atoms with Crippen LogP contribution < -0.4 is 4.74 Å². The molecule has 0 aliphatic carbocycles.